The number of hydrogen-bond acceptors (Lipinski definition) is 4. The molecule has 2 saturated heterocycles. The van der Waals surface area contributed by atoms with Gasteiger partial charge in [-0.2, -0.15) is 4.31 Å². The van der Waals surface area contributed by atoms with Gasteiger partial charge in [0.25, 0.3) is 0 Å². The van der Waals surface area contributed by atoms with Crippen LogP contribution < -0.4 is 0 Å². The topological polar surface area (TPSA) is 60.9 Å². The molecule has 0 saturated carbocycles. The summed E-state index contributed by atoms with van der Waals surface area (Å²) in [4.78, 5) is 2.27. The molecule has 0 radical (unpaired) electrons. The fourth-order valence-electron chi connectivity index (χ4n) is 3.37. The molecule has 2 aliphatic heterocycles. The van der Waals surface area contributed by atoms with Crippen molar-refractivity contribution < 1.29 is 17.9 Å². The lowest BCUT2D eigenvalue weighted by Gasteiger charge is -2.50. The summed E-state index contributed by atoms with van der Waals surface area (Å²) in [5.74, 6) is -0.235. The number of hydrogen-bond donors (Lipinski definition) is 1. The van der Waals surface area contributed by atoms with Crippen molar-refractivity contribution >= 4 is 10.0 Å². The van der Waals surface area contributed by atoms with Crippen molar-refractivity contribution in [2.45, 2.75) is 16.9 Å². The minimum atomic E-state index is -3.55. The second kappa shape index (κ2) is 5.01. The average molecular weight is 314 g/mol. The number of likely N-dealkylation sites (tertiary alicyclic amines) is 1. The molecule has 5 nitrogen and oxygen atoms in total. The van der Waals surface area contributed by atoms with Gasteiger partial charge in [-0.15, -0.1) is 0 Å². The quantitative estimate of drug-likeness (QED) is 0.883. The van der Waals surface area contributed by atoms with E-state index in [-0.39, 0.29) is 23.0 Å². The van der Waals surface area contributed by atoms with Crippen LogP contribution in [0.3, 0.4) is 0 Å². The maximum atomic E-state index is 12.9. The predicted octanol–water partition coefficient (Wildman–Crippen LogP) is 0.513. The first-order chi connectivity index (χ1) is 9.87. The number of aliphatic hydroxyl groups excluding tert-OH is 1. The summed E-state index contributed by atoms with van der Waals surface area (Å²) in [6, 6.07) is 4.91. The summed E-state index contributed by atoms with van der Waals surface area (Å²) < 4.78 is 39.3. The molecule has 0 amide bonds. The van der Waals surface area contributed by atoms with Crippen molar-refractivity contribution in [3.05, 3.63) is 30.1 Å². The van der Waals surface area contributed by atoms with E-state index in [4.69, 9.17) is 0 Å². The molecular formula is C14H19FN2O3S. The third-order valence-electron chi connectivity index (χ3n) is 4.66. The maximum absolute atomic E-state index is 12.9. The average Bonchev–Trinajstić information content (AvgIpc) is 2.74. The number of nitrogens with zero attached hydrogens (tertiary/aromatic N) is 2. The second-order valence-electron chi connectivity index (χ2n) is 6.08. The summed E-state index contributed by atoms with van der Waals surface area (Å²) in [5, 5.41) is 9.27. The number of likely N-dealkylation sites (N-methyl/N-ethyl adjacent to an activating group) is 1. The molecule has 3 rings (SSSR count). The Balaban J connectivity index is 1.75. The Bertz CT molecular complexity index is 626. The molecule has 1 aromatic carbocycles. The van der Waals surface area contributed by atoms with Crippen LogP contribution in [0, 0.1) is 11.7 Å². The van der Waals surface area contributed by atoms with Crippen LogP contribution in [0.2, 0.25) is 0 Å². The number of benzene rings is 1. The molecule has 0 aliphatic carbocycles. The highest BCUT2D eigenvalue weighted by Crippen LogP contribution is 2.41. The lowest BCUT2D eigenvalue weighted by atomic mass is 9.87. The van der Waals surface area contributed by atoms with E-state index in [1.54, 1.807) is 0 Å². The van der Waals surface area contributed by atoms with Gasteiger partial charge < -0.3 is 5.11 Å². The van der Waals surface area contributed by atoms with Crippen LogP contribution in [0.1, 0.15) is 6.42 Å². The van der Waals surface area contributed by atoms with Crippen LogP contribution in [-0.2, 0) is 10.0 Å². The Morgan fingerprint density at radius 1 is 1.33 bits per heavy atom. The van der Waals surface area contributed by atoms with E-state index in [9.17, 15) is 17.9 Å². The summed E-state index contributed by atoms with van der Waals surface area (Å²) >= 11 is 0. The molecule has 116 valence electrons. The van der Waals surface area contributed by atoms with Crippen molar-refractivity contribution in [1.29, 1.82) is 0 Å². The molecular weight excluding hydrogens is 295 g/mol. The molecule has 2 heterocycles. The molecule has 2 aliphatic rings. The second-order valence-corrected chi connectivity index (χ2v) is 8.02. The van der Waals surface area contributed by atoms with Gasteiger partial charge in [0.2, 0.25) is 10.0 Å². The van der Waals surface area contributed by atoms with Crippen LogP contribution in [0.4, 0.5) is 4.39 Å². The molecule has 1 N–H and O–H groups in total. The molecule has 0 unspecified atom stereocenters. The largest absolute Gasteiger partial charge is 0.396 e. The standard InChI is InChI=1S/C14H19FN2O3S/c1-16-7-11(8-18)6-14(16)9-17(10-14)21(19,20)13-4-2-12(15)3-5-13/h2-5,11,18H,6-10H2,1H3/t11-/m0/s1. The van der Waals surface area contributed by atoms with E-state index in [1.165, 1.54) is 16.4 Å². The number of halogens is 1. The highest BCUT2D eigenvalue weighted by molar-refractivity contribution is 7.89. The van der Waals surface area contributed by atoms with Crippen molar-refractivity contribution in [2.24, 2.45) is 5.92 Å². The van der Waals surface area contributed by atoms with Crippen LogP contribution in [0.5, 0.6) is 0 Å². The maximum Gasteiger partial charge on any atom is 0.243 e. The molecule has 1 atom stereocenters. The van der Waals surface area contributed by atoms with Gasteiger partial charge in [0.1, 0.15) is 5.82 Å². The normalized spacial score (nSPS) is 26.1. The SMILES string of the molecule is CN1C[C@@H](CO)CC12CN(S(=O)(=O)c1ccc(F)cc1)C2. The first kappa shape index (κ1) is 14.9. The van der Waals surface area contributed by atoms with E-state index in [0.717, 1.165) is 25.1 Å². The first-order valence-corrected chi connectivity index (χ1v) is 8.39. The van der Waals surface area contributed by atoms with Gasteiger partial charge in [0.05, 0.1) is 4.90 Å². The van der Waals surface area contributed by atoms with Crippen LogP contribution >= 0.6 is 0 Å². The Kier molecular flexibility index (Phi) is 3.56. The van der Waals surface area contributed by atoms with E-state index < -0.39 is 15.8 Å². The Morgan fingerprint density at radius 2 is 1.95 bits per heavy atom. The number of sulfonamides is 1. The Morgan fingerprint density at radius 3 is 2.48 bits per heavy atom. The van der Waals surface area contributed by atoms with Crippen molar-refractivity contribution in [1.82, 2.24) is 9.21 Å². The third kappa shape index (κ3) is 2.38. The van der Waals surface area contributed by atoms with Gasteiger partial charge in [-0.3, -0.25) is 4.90 Å². The van der Waals surface area contributed by atoms with Crippen LogP contribution in [-0.4, -0.2) is 61.6 Å². The molecule has 7 heteroatoms. The van der Waals surface area contributed by atoms with Crippen molar-refractivity contribution in [3.63, 3.8) is 0 Å². The smallest absolute Gasteiger partial charge is 0.243 e. The highest BCUT2D eigenvalue weighted by atomic mass is 32.2. The zero-order chi connectivity index (χ0) is 15.3. The summed E-state index contributed by atoms with van der Waals surface area (Å²) in [5.41, 5.74) is -0.152. The fraction of sp³-hybridized carbons (Fsp3) is 0.571. The molecule has 1 spiro atoms. The molecule has 1 aromatic rings. The van der Waals surface area contributed by atoms with Gasteiger partial charge in [-0.05, 0) is 43.7 Å². The molecule has 0 aromatic heterocycles. The molecule has 2 fully saturated rings. The molecule has 0 bridgehead atoms. The predicted molar refractivity (Wildman–Crippen MR) is 75.7 cm³/mol. The summed E-state index contributed by atoms with van der Waals surface area (Å²) in [6.45, 7) is 1.79. The Labute approximate surface area is 124 Å². The number of aliphatic hydroxyl groups is 1. The zero-order valence-electron chi connectivity index (χ0n) is 11.9. The van der Waals surface area contributed by atoms with Gasteiger partial charge in [0.15, 0.2) is 0 Å². The zero-order valence-corrected chi connectivity index (χ0v) is 12.7. The Hall–Kier alpha value is -1.02. The van der Waals surface area contributed by atoms with Gasteiger partial charge in [0, 0.05) is 31.8 Å². The van der Waals surface area contributed by atoms with Crippen LogP contribution in [0.15, 0.2) is 29.2 Å². The van der Waals surface area contributed by atoms with Gasteiger partial charge in [-0.25, -0.2) is 12.8 Å². The summed E-state index contributed by atoms with van der Waals surface area (Å²) in [7, 11) is -1.58. The van der Waals surface area contributed by atoms with E-state index >= 15 is 0 Å². The van der Waals surface area contributed by atoms with E-state index in [2.05, 4.69) is 4.90 Å². The van der Waals surface area contributed by atoms with Crippen molar-refractivity contribution in [3.8, 4) is 0 Å². The summed E-state index contributed by atoms with van der Waals surface area (Å²) in [6.07, 6.45) is 0.815. The van der Waals surface area contributed by atoms with Crippen molar-refractivity contribution in [2.75, 3.05) is 33.3 Å². The minimum Gasteiger partial charge on any atom is -0.396 e. The van der Waals surface area contributed by atoms with Crippen LogP contribution in [0.25, 0.3) is 0 Å². The molecule has 21 heavy (non-hydrogen) atoms. The first-order valence-electron chi connectivity index (χ1n) is 6.95. The van der Waals surface area contributed by atoms with Gasteiger partial charge >= 0.3 is 0 Å². The lowest BCUT2D eigenvalue weighted by Crippen LogP contribution is -2.67. The fourth-order valence-corrected chi connectivity index (χ4v) is 4.97. The highest BCUT2D eigenvalue weighted by Gasteiger charge is 2.54. The van der Waals surface area contributed by atoms with E-state index in [0.29, 0.717) is 13.1 Å². The minimum absolute atomic E-state index is 0.123. The lowest BCUT2D eigenvalue weighted by molar-refractivity contribution is 0.0374. The van der Waals surface area contributed by atoms with E-state index in [1.807, 2.05) is 7.05 Å². The number of rotatable bonds is 3. The monoisotopic (exact) mass is 314 g/mol. The third-order valence-corrected chi connectivity index (χ3v) is 6.47. The van der Waals surface area contributed by atoms with Gasteiger partial charge in [-0.1, -0.05) is 0 Å².